The summed E-state index contributed by atoms with van der Waals surface area (Å²) in [7, 11) is 0. The molecule has 0 unspecified atom stereocenters. The summed E-state index contributed by atoms with van der Waals surface area (Å²) in [5.41, 5.74) is 0.884. The summed E-state index contributed by atoms with van der Waals surface area (Å²) < 4.78 is 1.81. The van der Waals surface area contributed by atoms with E-state index in [2.05, 4.69) is 16.0 Å². The van der Waals surface area contributed by atoms with Crippen molar-refractivity contribution in [2.75, 3.05) is 26.2 Å². The fraction of sp³-hybridized carbons (Fsp3) is 0.607. The Bertz CT molecular complexity index is 1100. The van der Waals surface area contributed by atoms with Gasteiger partial charge in [0, 0.05) is 31.6 Å². The van der Waals surface area contributed by atoms with Gasteiger partial charge in [-0.1, -0.05) is 44.2 Å². The van der Waals surface area contributed by atoms with Gasteiger partial charge in [-0.2, -0.15) is 5.10 Å². The Labute approximate surface area is 224 Å². The average molecular weight is 524 g/mol. The molecule has 4 rings (SSSR count). The van der Waals surface area contributed by atoms with Gasteiger partial charge in [0.05, 0.1) is 18.5 Å². The smallest absolute Gasteiger partial charge is 0.243 e. The van der Waals surface area contributed by atoms with Crippen molar-refractivity contribution in [3.05, 3.63) is 36.2 Å². The number of carbonyl (C=O) groups is 3. The average Bonchev–Trinajstić information content (AvgIpc) is 3.34. The van der Waals surface area contributed by atoms with Crippen LogP contribution in [0.2, 0.25) is 0 Å². The number of carbonyl (C=O) groups excluding carboxylic acids is 3. The number of piperidine rings is 1. The van der Waals surface area contributed by atoms with Crippen LogP contribution in [0.15, 0.2) is 30.3 Å². The Morgan fingerprint density at radius 3 is 2.58 bits per heavy atom. The van der Waals surface area contributed by atoms with Crippen molar-refractivity contribution < 1.29 is 14.4 Å². The summed E-state index contributed by atoms with van der Waals surface area (Å²) in [5.74, 6) is 1.09. The molecule has 2 aromatic rings. The number of rotatable bonds is 4. The number of aromatic nitrogens is 3. The van der Waals surface area contributed by atoms with E-state index in [1.165, 1.54) is 0 Å². The maximum absolute atomic E-state index is 13.5. The first kappa shape index (κ1) is 27.8. The first-order valence-electron chi connectivity index (χ1n) is 13.9. The zero-order valence-electron chi connectivity index (χ0n) is 22.8. The van der Waals surface area contributed by atoms with Crippen LogP contribution in [0.5, 0.6) is 0 Å². The Balaban J connectivity index is 1.64. The van der Waals surface area contributed by atoms with E-state index in [9.17, 15) is 14.4 Å². The van der Waals surface area contributed by atoms with Crippen LogP contribution >= 0.6 is 0 Å². The third-order valence-corrected chi connectivity index (χ3v) is 7.21. The normalized spacial score (nSPS) is 23.8. The summed E-state index contributed by atoms with van der Waals surface area (Å²) in [6.45, 7) is 8.94. The molecule has 3 N–H and O–H groups in total. The van der Waals surface area contributed by atoms with Crippen molar-refractivity contribution in [2.45, 2.75) is 71.5 Å². The lowest BCUT2D eigenvalue weighted by molar-refractivity contribution is -0.136. The van der Waals surface area contributed by atoms with Crippen LogP contribution in [-0.2, 0) is 20.9 Å². The number of fused-ring (bicyclic) bond motifs is 1. The zero-order chi connectivity index (χ0) is 27.1. The lowest BCUT2D eigenvalue weighted by atomic mass is 9.98. The lowest BCUT2D eigenvalue weighted by Gasteiger charge is -2.30. The number of nitrogens with one attached hydrogen (secondary N) is 3. The minimum Gasteiger partial charge on any atom is -0.345 e. The second-order valence-corrected chi connectivity index (χ2v) is 10.8. The Kier molecular flexibility index (Phi) is 9.49. The molecule has 0 bridgehead atoms. The summed E-state index contributed by atoms with van der Waals surface area (Å²) >= 11 is 0. The van der Waals surface area contributed by atoms with Gasteiger partial charge < -0.3 is 20.9 Å². The van der Waals surface area contributed by atoms with Crippen LogP contribution in [0.25, 0.3) is 11.4 Å². The van der Waals surface area contributed by atoms with E-state index in [1.807, 2.05) is 60.7 Å². The first-order chi connectivity index (χ1) is 18.3. The van der Waals surface area contributed by atoms with Gasteiger partial charge in [-0.3, -0.25) is 14.4 Å². The van der Waals surface area contributed by atoms with Crippen LogP contribution in [0.1, 0.15) is 64.7 Å². The number of hydrogen-bond acceptors (Lipinski definition) is 6. The quantitative estimate of drug-likeness (QED) is 0.565. The highest BCUT2D eigenvalue weighted by molar-refractivity contribution is 5.87. The molecule has 0 radical (unpaired) electrons. The molecule has 1 aromatic heterocycles. The van der Waals surface area contributed by atoms with Crippen molar-refractivity contribution >= 4 is 17.7 Å². The second kappa shape index (κ2) is 13.0. The van der Waals surface area contributed by atoms with Gasteiger partial charge in [0.25, 0.3) is 0 Å². The largest absolute Gasteiger partial charge is 0.345 e. The summed E-state index contributed by atoms with van der Waals surface area (Å²) in [6.07, 6.45) is 3.18. The fourth-order valence-electron chi connectivity index (χ4n) is 5.20. The van der Waals surface area contributed by atoms with Crippen molar-refractivity contribution in [2.24, 2.45) is 11.8 Å². The standard InChI is InChI=1S/C28H41N7O3/c1-19(2)17-23-27(37)30-20(3)26-32-25(21-9-5-4-6-10-21)33-35(26)16-15-34(14-8-12-24(36)31-23)28(38)22-11-7-13-29-18-22/h4-6,9-10,19-20,22-23,29H,7-8,11-18H2,1-3H3,(H,30,37)(H,31,36)/t20-,22-,23-/m1/s1. The van der Waals surface area contributed by atoms with Gasteiger partial charge in [-0.05, 0) is 45.1 Å². The van der Waals surface area contributed by atoms with Crippen molar-refractivity contribution in [1.29, 1.82) is 0 Å². The van der Waals surface area contributed by atoms with Gasteiger partial charge in [0.15, 0.2) is 5.82 Å². The minimum atomic E-state index is -0.635. The van der Waals surface area contributed by atoms with Gasteiger partial charge in [-0.25, -0.2) is 9.67 Å². The molecule has 2 aliphatic rings. The molecule has 38 heavy (non-hydrogen) atoms. The number of hydrogen-bond donors (Lipinski definition) is 3. The van der Waals surface area contributed by atoms with Crippen molar-refractivity contribution in [3.8, 4) is 11.4 Å². The molecule has 0 spiro atoms. The number of nitrogens with zero attached hydrogens (tertiary/aromatic N) is 4. The molecule has 2 aliphatic heterocycles. The highest BCUT2D eigenvalue weighted by Gasteiger charge is 2.29. The second-order valence-electron chi connectivity index (χ2n) is 10.8. The summed E-state index contributed by atoms with van der Waals surface area (Å²) in [6, 6.07) is 8.66. The summed E-state index contributed by atoms with van der Waals surface area (Å²) in [5, 5.41) is 14.1. The minimum absolute atomic E-state index is 0.0554. The van der Waals surface area contributed by atoms with Crippen molar-refractivity contribution in [3.63, 3.8) is 0 Å². The molecule has 10 nitrogen and oxygen atoms in total. The van der Waals surface area contributed by atoms with E-state index in [1.54, 1.807) is 0 Å². The first-order valence-corrected chi connectivity index (χ1v) is 13.9. The van der Waals surface area contributed by atoms with Crippen LogP contribution in [0, 0.1) is 11.8 Å². The van der Waals surface area contributed by atoms with Gasteiger partial charge in [0.2, 0.25) is 17.7 Å². The van der Waals surface area contributed by atoms with Crippen LogP contribution < -0.4 is 16.0 Å². The Hall–Kier alpha value is -3.27. The molecule has 1 aromatic carbocycles. The van der Waals surface area contributed by atoms with Gasteiger partial charge >= 0.3 is 0 Å². The SMILES string of the molecule is CC(C)C[C@H]1NC(=O)CCCN(C(=O)[C@@H]2CCCNC2)CCn2nc(-c3ccccc3)nc2[C@@H](C)NC1=O. The molecule has 3 heterocycles. The van der Waals surface area contributed by atoms with Crippen molar-refractivity contribution in [1.82, 2.24) is 35.6 Å². The van der Waals surface area contributed by atoms with E-state index in [0.29, 0.717) is 50.7 Å². The topological polar surface area (TPSA) is 121 Å². The van der Waals surface area contributed by atoms with Gasteiger partial charge in [0.1, 0.15) is 11.9 Å². The molecule has 206 valence electrons. The third kappa shape index (κ3) is 7.18. The maximum Gasteiger partial charge on any atom is 0.243 e. The molecular formula is C28H41N7O3. The van der Waals surface area contributed by atoms with Crippen LogP contribution in [0.4, 0.5) is 0 Å². The van der Waals surface area contributed by atoms with E-state index < -0.39 is 12.1 Å². The monoisotopic (exact) mass is 523 g/mol. The van der Waals surface area contributed by atoms with E-state index in [0.717, 1.165) is 24.9 Å². The Morgan fingerprint density at radius 2 is 1.87 bits per heavy atom. The van der Waals surface area contributed by atoms with Gasteiger partial charge in [-0.15, -0.1) is 0 Å². The maximum atomic E-state index is 13.5. The third-order valence-electron chi connectivity index (χ3n) is 7.21. The Morgan fingerprint density at radius 1 is 1.08 bits per heavy atom. The molecule has 1 fully saturated rings. The van der Waals surface area contributed by atoms with Crippen LogP contribution in [-0.4, -0.2) is 69.6 Å². The number of benzene rings is 1. The molecule has 3 atom stereocenters. The fourth-order valence-corrected chi connectivity index (χ4v) is 5.20. The molecular weight excluding hydrogens is 482 g/mol. The highest BCUT2D eigenvalue weighted by Crippen LogP contribution is 2.21. The van der Waals surface area contributed by atoms with E-state index in [4.69, 9.17) is 10.1 Å². The lowest BCUT2D eigenvalue weighted by Crippen LogP contribution is -2.49. The van der Waals surface area contributed by atoms with E-state index in [-0.39, 0.29) is 36.0 Å². The predicted molar refractivity (Wildman–Crippen MR) is 145 cm³/mol. The molecule has 10 heteroatoms. The zero-order valence-corrected chi connectivity index (χ0v) is 22.8. The predicted octanol–water partition coefficient (Wildman–Crippen LogP) is 2.28. The summed E-state index contributed by atoms with van der Waals surface area (Å²) in [4.78, 5) is 46.2. The molecule has 1 saturated heterocycles. The highest BCUT2D eigenvalue weighted by atomic mass is 16.2. The molecule has 0 saturated carbocycles. The molecule has 0 aliphatic carbocycles. The van der Waals surface area contributed by atoms with E-state index >= 15 is 0 Å². The number of amides is 3. The van der Waals surface area contributed by atoms with Crippen LogP contribution in [0.3, 0.4) is 0 Å². The molecule has 3 amide bonds.